The SMILES string of the molecule is Cc1ncc(CC(=O)N2CC(n3cc(Br)cn3)C2)s1. The Hall–Kier alpha value is -1.21. The fourth-order valence-electron chi connectivity index (χ4n) is 2.09. The molecule has 1 amide bonds. The third-order valence-electron chi connectivity index (χ3n) is 3.15. The number of carbonyl (C=O) groups is 1. The molecule has 0 atom stereocenters. The third kappa shape index (κ3) is 2.71. The van der Waals surface area contributed by atoms with E-state index >= 15 is 0 Å². The van der Waals surface area contributed by atoms with Crippen molar-refractivity contribution in [2.75, 3.05) is 13.1 Å². The molecule has 7 heteroatoms. The van der Waals surface area contributed by atoms with E-state index < -0.39 is 0 Å². The van der Waals surface area contributed by atoms with Gasteiger partial charge in [0.25, 0.3) is 0 Å². The van der Waals surface area contributed by atoms with Crippen molar-refractivity contribution in [1.82, 2.24) is 19.7 Å². The fraction of sp³-hybridized carbons (Fsp3) is 0.417. The molecule has 0 spiro atoms. The minimum atomic E-state index is 0.172. The van der Waals surface area contributed by atoms with Crippen molar-refractivity contribution in [1.29, 1.82) is 0 Å². The normalized spacial score (nSPS) is 15.6. The lowest BCUT2D eigenvalue weighted by molar-refractivity contribution is -0.136. The lowest BCUT2D eigenvalue weighted by atomic mass is 10.1. The van der Waals surface area contributed by atoms with Gasteiger partial charge in [0.2, 0.25) is 5.91 Å². The number of thiazole rings is 1. The Bertz CT molecular complexity index is 602. The van der Waals surface area contributed by atoms with E-state index in [2.05, 4.69) is 26.0 Å². The van der Waals surface area contributed by atoms with Gasteiger partial charge in [-0.15, -0.1) is 11.3 Å². The summed E-state index contributed by atoms with van der Waals surface area (Å²) in [6.07, 6.45) is 5.96. The first-order valence-corrected chi connectivity index (χ1v) is 7.61. The molecule has 2 aromatic heterocycles. The zero-order chi connectivity index (χ0) is 13.4. The van der Waals surface area contributed by atoms with Crippen molar-refractivity contribution in [2.24, 2.45) is 0 Å². The van der Waals surface area contributed by atoms with Crippen LogP contribution in [0, 0.1) is 6.92 Å². The molecule has 0 N–H and O–H groups in total. The first kappa shape index (κ1) is 12.8. The molecule has 0 saturated carbocycles. The zero-order valence-electron chi connectivity index (χ0n) is 10.4. The van der Waals surface area contributed by atoms with E-state index in [9.17, 15) is 4.79 Å². The van der Waals surface area contributed by atoms with Crippen molar-refractivity contribution >= 4 is 33.2 Å². The Morgan fingerprint density at radius 1 is 1.53 bits per heavy atom. The summed E-state index contributed by atoms with van der Waals surface area (Å²) in [5.41, 5.74) is 0. The molecule has 0 aliphatic carbocycles. The molecule has 1 aliphatic rings. The van der Waals surface area contributed by atoms with Crippen LogP contribution in [0.3, 0.4) is 0 Å². The molecular weight excluding hydrogens is 328 g/mol. The van der Waals surface area contributed by atoms with Gasteiger partial charge < -0.3 is 4.90 Å². The highest BCUT2D eigenvalue weighted by Crippen LogP contribution is 2.23. The van der Waals surface area contributed by atoms with Crippen LogP contribution < -0.4 is 0 Å². The monoisotopic (exact) mass is 340 g/mol. The molecule has 0 unspecified atom stereocenters. The average Bonchev–Trinajstić information content (AvgIpc) is 2.86. The summed E-state index contributed by atoms with van der Waals surface area (Å²) in [6, 6.07) is 0.304. The Morgan fingerprint density at radius 2 is 2.32 bits per heavy atom. The number of nitrogens with zero attached hydrogens (tertiary/aromatic N) is 4. The molecule has 3 rings (SSSR count). The molecule has 19 heavy (non-hydrogen) atoms. The minimum Gasteiger partial charge on any atom is -0.338 e. The lowest BCUT2D eigenvalue weighted by Crippen LogP contribution is -2.51. The first-order chi connectivity index (χ1) is 9.11. The minimum absolute atomic E-state index is 0.172. The molecule has 2 aromatic rings. The second kappa shape index (κ2) is 5.05. The number of rotatable bonds is 3. The van der Waals surface area contributed by atoms with Gasteiger partial charge in [0.1, 0.15) is 0 Å². The molecule has 1 saturated heterocycles. The zero-order valence-corrected chi connectivity index (χ0v) is 12.8. The van der Waals surface area contributed by atoms with Gasteiger partial charge in [-0.3, -0.25) is 9.48 Å². The van der Waals surface area contributed by atoms with Crippen LogP contribution in [0.2, 0.25) is 0 Å². The molecule has 0 bridgehead atoms. The Morgan fingerprint density at radius 3 is 2.89 bits per heavy atom. The largest absolute Gasteiger partial charge is 0.338 e. The Labute approximate surface area is 123 Å². The van der Waals surface area contributed by atoms with Crippen molar-refractivity contribution in [3.8, 4) is 0 Å². The number of likely N-dealkylation sites (tertiary alicyclic amines) is 1. The molecule has 5 nitrogen and oxygen atoms in total. The summed E-state index contributed by atoms with van der Waals surface area (Å²) in [7, 11) is 0. The van der Waals surface area contributed by atoms with E-state index in [0.29, 0.717) is 12.5 Å². The summed E-state index contributed by atoms with van der Waals surface area (Å²) in [5, 5.41) is 5.25. The Kier molecular flexibility index (Phi) is 3.40. The highest BCUT2D eigenvalue weighted by molar-refractivity contribution is 9.10. The summed E-state index contributed by atoms with van der Waals surface area (Å²) >= 11 is 4.96. The molecule has 3 heterocycles. The van der Waals surface area contributed by atoms with Gasteiger partial charge in [-0.1, -0.05) is 0 Å². The molecule has 0 aromatic carbocycles. The smallest absolute Gasteiger partial charge is 0.228 e. The predicted octanol–water partition coefficient (Wildman–Crippen LogP) is 2.04. The van der Waals surface area contributed by atoms with Crippen LogP contribution in [0.25, 0.3) is 0 Å². The van der Waals surface area contributed by atoms with E-state index in [1.165, 1.54) is 0 Å². The summed E-state index contributed by atoms with van der Waals surface area (Å²) < 4.78 is 2.88. The number of hydrogen-bond donors (Lipinski definition) is 0. The number of carbonyl (C=O) groups excluding carboxylic acids is 1. The molecule has 100 valence electrons. The predicted molar refractivity (Wildman–Crippen MR) is 76.1 cm³/mol. The summed E-state index contributed by atoms with van der Waals surface area (Å²) in [5.74, 6) is 0.172. The molecular formula is C12H13BrN4OS. The van der Waals surface area contributed by atoms with E-state index in [1.807, 2.05) is 22.7 Å². The quantitative estimate of drug-likeness (QED) is 0.859. The standard InChI is InChI=1S/C12H13BrN4OS/c1-8-14-4-11(19-8)2-12(18)16-6-10(7-16)17-5-9(13)3-15-17/h3-5,10H,2,6-7H2,1H3. The van der Waals surface area contributed by atoms with E-state index in [-0.39, 0.29) is 5.91 Å². The first-order valence-electron chi connectivity index (χ1n) is 6.00. The van der Waals surface area contributed by atoms with Gasteiger partial charge in [0, 0.05) is 30.4 Å². The summed E-state index contributed by atoms with van der Waals surface area (Å²) in [4.78, 5) is 19.1. The maximum atomic E-state index is 12.1. The van der Waals surface area contributed by atoms with Gasteiger partial charge in [-0.2, -0.15) is 5.10 Å². The average molecular weight is 341 g/mol. The summed E-state index contributed by atoms with van der Waals surface area (Å²) in [6.45, 7) is 3.43. The highest BCUT2D eigenvalue weighted by Gasteiger charge is 2.32. The van der Waals surface area contributed by atoms with Crippen molar-refractivity contribution in [2.45, 2.75) is 19.4 Å². The second-order valence-electron chi connectivity index (χ2n) is 4.61. The third-order valence-corrected chi connectivity index (χ3v) is 4.48. The topological polar surface area (TPSA) is 51.0 Å². The van der Waals surface area contributed by atoms with Crippen LogP contribution in [-0.4, -0.2) is 38.7 Å². The van der Waals surface area contributed by atoms with Gasteiger partial charge >= 0.3 is 0 Å². The van der Waals surface area contributed by atoms with Gasteiger partial charge in [0.15, 0.2) is 0 Å². The van der Waals surface area contributed by atoms with E-state index in [4.69, 9.17) is 0 Å². The van der Waals surface area contributed by atoms with E-state index in [1.54, 1.807) is 23.7 Å². The van der Waals surface area contributed by atoms with Crippen LogP contribution in [0.4, 0.5) is 0 Å². The highest BCUT2D eigenvalue weighted by atomic mass is 79.9. The van der Waals surface area contributed by atoms with Crippen molar-refractivity contribution in [3.05, 3.63) is 32.9 Å². The maximum absolute atomic E-state index is 12.1. The van der Waals surface area contributed by atoms with Crippen LogP contribution in [0.5, 0.6) is 0 Å². The van der Waals surface area contributed by atoms with E-state index in [0.717, 1.165) is 27.4 Å². The molecule has 0 radical (unpaired) electrons. The van der Waals surface area contributed by atoms with Crippen LogP contribution in [0.15, 0.2) is 23.1 Å². The van der Waals surface area contributed by atoms with Gasteiger partial charge in [-0.05, 0) is 22.9 Å². The second-order valence-corrected chi connectivity index (χ2v) is 6.85. The number of aromatic nitrogens is 3. The number of amides is 1. The molecule has 1 fully saturated rings. The molecule has 1 aliphatic heterocycles. The number of hydrogen-bond acceptors (Lipinski definition) is 4. The maximum Gasteiger partial charge on any atom is 0.228 e. The van der Waals surface area contributed by atoms with Crippen molar-refractivity contribution < 1.29 is 4.79 Å². The van der Waals surface area contributed by atoms with Crippen LogP contribution in [-0.2, 0) is 11.2 Å². The number of aryl methyl sites for hydroxylation is 1. The van der Waals surface area contributed by atoms with Gasteiger partial charge in [-0.25, -0.2) is 4.98 Å². The number of halogens is 1. The van der Waals surface area contributed by atoms with Crippen LogP contribution >= 0.6 is 27.3 Å². The van der Waals surface area contributed by atoms with Crippen molar-refractivity contribution in [3.63, 3.8) is 0 Å². The lowest BCUT2D eigenvalue weighted by Gasteiger charge is -2.39. The van der Waals surface area contributed by atoms with Crippen LogP contribution in [0.1, 0.15) is 15.9 Å². The fourth-order valence-corrected chi connectivity index (χ4v) is 3.18. The Balaban J connectivity index is 1.54. The van der Waals surface area contributed by atoms with Gasteiger partial charge in [0.05, 0.1) is 28.1 Å².